The zero-order chi connectivity index (χ0) is 18.4. The van der Waals surface area contributed by atoms with Crippen LogP contribution in [0.5, 0.6) is 5.75 Å². The van der Waals surface area contributed by atoms with Gasteiger partial charge in [-0.05, 0) is 36.1 Å². The molecule has 1 aromatic carbocycles. The zero-order valence-electron chi connectivity index (χ0n) is 14.3. The summed E-state index contributed by atoms with van der Waals surface area (Å²) in [6.07, 6.45) is 0.825. The van der Waals surface area contributed by atoms with E-state index in [9.17, 15) is 9.59 Å². The normalized spacial score (nSPS) is 10.5. The van der Waals surface area contributed by atoms with Crippen LogP contribution in [0.1, 0.15) is 12.8 Å². The molecule has 3 aromatic rings. The Morgan fingerprint density at radius 1 is 1.23 bits per heavy atom. The third-order valence-electron chi connectivity index (χ3n) is 3.77. The Morgan fingerprint density at radius 3 is 2.88 bits per heavy atom. The lowest BCUT2D eigenvalue weighted by Gasteiger charge is -2.08. The second kappa shape index (κ2) is 8.44. The van der Waals surface area contributed by atoms with Crippen LogP contribution in [-0.4, -0.2) is 22.8 Å². The van der Waals surface area contributed by atoms with Crippen molar-refractivity contribution in [3.05, 3.63) is 64.3 Å². The second-order valence-electron chi connectivity index (χ2n) is 5.64. The maximum atomic E-state index is 12.1. The summed E-state index contributed by atoms with van der Waals surface area (Å²) < 4.78 is 6.54. The van der Waals surface area contributed by atoms with Gasteiger partial charge in [-0.3, -0.25) is 9.59 Å². The summed E-state index contributed by atoms with van der Waals surface area (Å²) in [4.78, 5) is 25.1. The first-order valence-corrected chi connectivity index (χ1v) is 9.09. The van der Waals surface area contributed by atoms with E-state index in [0.717, 1.165) is 10.6 Å². The molecule has 0 atom stereocenters. The molecule has 0 radical (unpaired) electrons. The van der Waals surface area contributed by atoms with Crippen LogP contribution in [0, 0.1) is 0 Å². The fraction of sp³-hybridized carbons (Fsp3) is 0.211. The number of methoxy groups -OCH3 is 1. The number of benzene rings is 1. The van der Waals surface area contributed by atoms with E-state index in [4.69, 9.17) is 4.74 Å². The van der Waals surface area contributed by atoms with Crippen molar-refractivity contribution in [2.24, 2.45) is 0 Å². The Bertz CT molecular complexity index is 935. The van der Waals surface area contributed by atoms with Crippen molar-refractivity contribution >= 4 is 22.9 Å². The summed E-state index contributed by atoms with van der Waals surface area (Å²) in [5.41, 5.74) is 1.28. The summed E-state index contributed by atoms with van der Waals surface area (Å²) in [7, 11) is 1.58. The van der Waals surface area contributed by atoms with Gasteiger partial charge in [0.15, 0.2) is 0 Å². The summed E-state index contributed by atoms with van der Waals surface area (Å²) in [6, 6.07) is 14.3. The third kappa shape index (κ3) is 4.58. The smallest absolute Gasteiger partial charge is 0.266 e. The van der Waals surface area contributed by atoms with Crippen molar-refractivity contribution in [3.63, 3.8) is 0 Å². The number of nitrogens with one attached hydrogen (secondary N) is 1. The van der Waals surface area contributed by atoms with Gasteiger partial charge in [-0.2, -0.15) is 5.10 Å². The number of nitrogens with zero attached hydrogens (tertiary/aromatic N) is 2. The van der Waals surface area contributed by atoms with Gasteiger partial charge in [0.05, 0.1) is 12.0 Å². The van der Waals surface area contributed by atoms with E-state index in [-0.39, 0.29) is 11.5 Å². The minimum Gasteiger partial charge on any atom is -0.497 e. The van der Waals surface area contributed by atoms with Gasteiger partial charge in [0, 0.05) is 30.8 Å². The lowest BCUT2D eigenvalue weighted by atomic mass is 10.2. The number of thiophene rings is 1. The first kappa shape index (κ1) is 17.9. The number of aryl methyl sites for hydroxylation is 1. The number of carbonyl (C=O) groups excluding carboxylic acids is 1. The van der Waals surface area contributed by atoms with Gasteiger partial charge in [-0.15, -0.1) is 11.3 Å². The van der Waals surface area contributed by atoms with Gasteiger partial charge in [0.2, 0.25) is 5.91 Å². The van der Waals surface area contributed by atoms with Gasteiger partial charge in [0.1, 0.15) is 11.4 Å². The maximum absolute atomic E-state index is 12.1. The van der Waals surface area contributed by atoms with Crippen molar-refractivity contribution in [1.82, 2.24) is 9.78 Å². The van der Waals surface area contributed by atoms with Crippen molar-refractivity contribution < 1.29 is 9.53 Å². The van der Waals surface area contributed by atoms with E-state index in [1.165, 1.54) is 10.7 Å². The first-order valence-electron chi connectivity index (χ1n) is 8.21. The number of hydrogen-bond acceptors (Lipinski definition) is 5. The standard InChI is InChI=1S/C19H19N3O3S/c1-25-15-6-2-5-14(13-15)20-18(23)8-3-11-22-19(24)10-9-16(21-22)17-7-4-12-26-17/h2,4-7,9-10,12-13H,3,8,11H2,1H3,(H,20,23). The molecule has 1 amide bonds. The van der Waals surface area contributed by atoms with Crippen LogP contribution in [0.4, 0.5) is 5.69 Å². The third-order valence-corrected chi connectivity index (χ3v) is 4.66. The molecule has 0 spiro atoms. The Kier molecular flexibility index (Phi) is 5.80. The molecule has 0 saturated carbocycles. The molecule has 1 N–H and O–H groups in total. The Morgan fingerprint density at radius 2 is 2.12 bits per heavy atom. The molecule has 26 heavy (non-hydrogen) atoms. The highest BCUT2D eigenvalue weighted by Gasteiger charge is 2.07. The Labute approximate surface area is 155 Å². The fourth-order valence-corrected chi connectivity index (χ4v) is 3.17. The fourth-order valence-electron chi connectivity index (χ4n) is 2.48. The highest BCUT2D eigenvalue weighted by atomic mass is 32.1. The van der Waals surface area contributed by atoms with Crippen LogP contribution in [0.15, 0.2) is 58.7 Å². The molecule has 0 unspecified atom stereocenters. The van der Waals surface area contributed by atoms with E-state index in [1.807, 2.05) is 29.6 Å². The van der Waals surface area contributed by atoms with E-state index in [1.54, 1.807) is 36.6 Å². The van der Waals surface area contributed by atoms with Crippen LogP contribution in [0.25, 0.3) is 10.6 Å². The molecule has 0 aliphatic heterocycles. The lowest BCUT2D eigenvalue weighted by molar-refractivity contribution is -0.116. The van der Waals surface area contributed by atoms with Crippen LogP contribution < -0.4 is 15.6 Å². The quantitative estimate of drug-likeness (QED) is 0.693. The van der Waals surface area contributed by atoms with Crippen LogP contribution in [0.2, 0.25) is 0 Å². The highest BCUT2D eigenvalue weighted by Crippen LogP contribution is 2.21. The summed E-state index contributed by atoms with van der Waals surface area (Å²) in [6.45, 7) is 0.392. The minimum absolute atomic E-state index is 0.110. The lowest BCUT2D eigenvalue weighted by Crippen LogP contribution is -2.23. The molecule has 0 saturated heterocycles. The molecule has 0 bridgehead atoms. The van der Waals surface area contributed by atoms with Gasteiger partial charge >= 0.3 is 0 Å². The number of aromatic nitrogens is 2. The molecule has 0 aliphatic rings. The van der Waals surface area contributed by atoms with Gasteiger partial charge in [0.25, 0.3) is 5.56 Å². The average Bonchev–Trinajstić information content (AvgIpc) is 3.18. The van der Waals surface area contributed by atoms with Gasteiger partial charge in [-0.1, -0.05) is 12.1 Å². The number of anilines is 1. The SMILES string of the molecule is COc1cccc(NC(=O)CCCn2nc(-c3cccs3)ccc2=O)c1. The second-order valence-corrected chi connectivity index (χ2v) is 6.59. The number of rotatable bonds is 7. The van der Waals surface area contributed by atoms with E-state index in [2.05, 4.69) is 10.4 Å². The molecule has 6 nitrogen and oxygen atoms in total. The number of carbonyl (C=O) groups is 1. The molecular weight excluding hydrogens is 350 g/mol. The number of hydrogen-bond donors (Lipinski definition) is 1. The molecule has 134 valence electrons. The van der Waals surface area contributed by atoms with Crippen molar-refractivity contribution in [3.8, 4) is 16.3 Å². The summed E-state index contributed by atoms with van der Waals surface area (Å²) >= 11 is 1.57. The van der Waals surface area contributed by atoms with E-state index < -0.39 is 0 Å². The molecule has 2 aromatic heterocycles. The van der Waals surface area contributed by atoms with Crippen molar-refractivity contribution in [2.45, 2.75) is 19.4 Å². The van der Waals surface area contributed by atoms with Crippen molar-refractivity contribution in [2.75, 3.05) is 12.4 Å². The molecule has 3 rings (SSSR count). The Hall–Kier alpha value is -2.93. The Balaban J connectivity index is 1.56. The molecule has 0 aliphatic carbocycles. The predicted molar refractivity (Wildman–Crippen MR) is 103 cm³/mol. The molecule has 0 fully saturated rings. The van der Waals surface area contributed by atoms with E-state index >= 15 is 0 Å². The van der Waals surface area contributed by atoms with Crippen LogP contribution in [0.3, 0.4) is 0 Å². The van der Waals surface area contributed by atoms with Gasteiger partial charge < -0.3 is 10.1 Å². The zero-order valence-corrected chi connectivity index (χ0v) is 15.2. The topological polar surface area (TPSA) is 73.2 Å². The largest absolute Gasteiger partial charge is 0.497 e. The number of amides is 1. The maximum Gasteiger partial charge on any atom is 0.266 e. The molecule has 2 heterocycles. The number of ether oxygens (including phenoxy) is 1. The van der Waals surface area contributed by atoms with Gasteiger partial charge in [-0.25, -0.2) is 4.68 Å². The highest BCUT2D eigenvalue weighted by molar-refractivity contribution is 7.13. The monoisotopic (exact) mass is 369 g/mol. The molecular formula is C19H19N3O3S. The summed E-state index contributed by atoms with van der Waals surface area (Å²) in [5, 5.41) is 9.18. The molecule has 7 heteroatoms. The minimum atomic E-state index is -0.168. The summed E-state index contributed by atoms with van der Waals surface area (Å²) in [5.74, 6) is 0.574. The van der Waals surface area contributed by atoms with Crippen molar-refractivity contribution in [1.29, 1.82) is 0 Å². The first-order chi connectivity index (χ1) is 12.7. The van der Waals surface area contributed by atoms with Crippen LogP contribution >= 0.6 is 11.3 Å². The van der Waals surface area contributed by atoms with E-state index in [0.29, 0.717) is 30.8 Å². The van der Waals surface area contributed by atoms with Crippen LogP contribution in [-0.2, 0) is 11.3 Å². The average molecular weight is 369 g/mol. The predicted octanol–water partition coefficient (Wildman–Crippen LogP) is 3.40.